The molecule has 2 fully saturated rings. The molecule has 7 heteroatoms. The Labute approximate surface area is 123 Å². The van der Waals surface area contributed by atoms with E-state index in [1.54, 1.807) is 0 Å². The van der Waals surface area contributed by atoms with Gasteiger partial charge in [-0.1, -0.05) is 6.92 Å². The lowest BCUT2D eigenvalue weighted by molar-refractivity contribution is 0.442. The number of aromatic amines is 1. The molecule has 2 aliphatic rings. The summed E-state index contributed by atoms with van der Waals surface area (Å²) in [5.74, 6) is 2.45. The number of hydrogen-bond donors (Lipinski definition) is 1. The second kappa shape index (κ2) is 5.13. The molecule has 2 aromatic rings. The molecule has 1 atom stereocenters. The van der Waals surface area contributed by atoms with Gasteiger partial charge in [-0.05, 0) is 31.6 Å². The van der Waals surface area contributed by atoms with Crippen molar-refractivity contribution in [3.8, 4) is 0 Å². The number of anilines is 2. The van der Waals surface area contributed by atoms with Gasteiger partial charge in [-0.2, -0.15) is 20.3 Å². The summed E-state index contributed by atoms with van der Waals surface area (Å²) in [5, 5.41) is 11.1. The Balaban J connectivity index is 1.75. The number of H-pyrrole nitrogens is 1. The zero-order chi connectivity index (χ0) is 14.2. The van der Waals surface area contributed by atoms with Gasteiger partial charge in [0.05, 0.1) is 0 Å². The highest BCUT2D eigenvalue weighted by atomic mass is 15.4. The van der Waals surface area contributed by atoms with Crippen LogP contribution >= 0.6 is 0 Å². The van der Waals surface area contributed by atoms with Crippen molar-refractivity contribution in [1.29, 1.82) is 0 Å². The molecular formula is C14H21N7. The van der Waals surface area contributed by atoms with Gasteiger partial charge in [0, 0.05) is 26.2 Å². The second-order valence-corrected chi connectivity index (χ2v) is 6.23. The van der Waals surface area contributed by atoms with Crippen LogP contribution in [-0.2, 0) is 0 Å². The Bertz CT molecular complexity index is 631. The number of nitrogens with zero attached hydrogens (tertiary/aromatic N) is 6. The fourth-order valence-electron chi connectivity index (χ4n) is 3.38. The van der Waals surface area contributed by atoms with E-state index in [2.05, 4.69) is 37.1 Å². The maximum atomic E-state index is 4.83. The van der Waals surface area contributed by atoms with E-state index in [1.165, 1.54) is 25.7 Å². The standard InChI is InChI=1S/C14H21N7/c1-10-5-4-8-21(9-10)14-15-12-11(17-19-18-12)13(16-14)20-6-2-3-7-20/h10H,2-9H2,1H3,(H,15,16,17,18,19)/t10-/m1/s1. The predicted molar refractivity (Wildman–Crippen MR) is 81.5 cm³/mol. The normalized spacial score (nSPS) is 23.2. The van der Waals surface area contributed by atoms with Crippen LogP contribution in [0.25, 0.3) is 11.2 Å². The summed E-state index contributed by atoms with van der Waals surface area (Å²) >= 11 is 0. The molecule has 21 heavy (non-hydrogen) atoms. The molecule has 0 aliphatic carbocycles. The molecule has 2 saturated heterocycles. The highest BCUT2D eigenvalue weighted by Crippen LogP contribution is 2.28. The molecule has 0 saturated carbocycles. The first-order valence-corrected chi connectivity index (χ1v) is 7.89. The maximum Gasteiger partial charge on any atom is 0.229 e. The minimum Gasteiger partial charge on any atom is -0.355 e. The molecule has 1 N–H and O–H groups in total. The van der Waals surface area contributed by atoms with Crippen LogP contribution in [0.5, 0.6) is 0 Å². The van der Waals surface area contributed by atoms with Gasteiger partial charge in [0.2, 0.25) is 11.6 Å². The van der Waals surface area contributed by atoms with Crippen LogP contribution in [0.3, 0.4) is 0 Å². The fraction of sp³-hybridized carbons (Fsp3) is 0.714. The third-order valence-electron chi connectivity index (χ3n) is 4.50. The number of hydrogen-bond acceptors (Lipinski definition) is 6. The molecule has 4 heterocycles. The third kappa shape index (κ3) is 2.30. The first-order chi connectivity index (χ1) is 10.3. The zero-order valence-electron chi connectivity index (χ0n) is 12.4. The Hall–Kier alpha value is -1.92. The average Bonchev–Trinajstić information content (AvgIpc) is 3.17. The first kappa shape index (κ1) is 12.8. The number of piperidine rings is 1. The number of rotatable bonds is 2. The predicted octanol–water partition coefficient (Wildman–Crippen LogP) is 1.58. The average molecular weight is 287 g/mol. The van der Waals surface area contributed by atoms with Crippen LogP contribution in [-0.4, -0.2) is 51.6 Å². The van der Waals surface area contributed by atoms with Crippen molar-refractivity contribution in [2.45, 2.75) is 32.6 Å². The van der Waals surface area contributed by atoms with Gasteiger partial charge in [0.25, 0.3) is 0 Å². The molecule has 2 aromatic heterocycles. The molecule has 0 amide bonds. The van der Waals surface area contributed by atoms with Gasteiger partial charge < -0.3 is 9.80 Å². The molecule has 0 spiro atoms. The van der Waals surface area contributed by atoms with Crippen molar-refractivity contribution in [3.63, 3.8) is 0 Å². The summed E-state index contributed by atoms with van der Waals surface area (Å²) in [6, 6.07) is 0. The van der Waals surface area contributed by atoms with Crippen LogP contribution < -0.4 is 9.80 Å². The van der Waals surface area contributed by atoms with E-state index >= 15 is 0 Å². The van der Waals surface area contributed by atoms with E-state index in [-0.39, 0.29) is 0 Å². The van der Waals surface area contributed by atoms with Crippen molar-refractivity contribution >= 4 is 22.9 Å². The second-order valence-electron chi connectivity index (χ2n) is 6.23. The van der Waals surface area contributed by atoms with Gasteiger partial charge in [-0.3, -0.25) is 0 Å². The lowest BCUT2D eigenvalue weighted by Gasteiger charge is -2.31. The zero-order valence-corrected chi connectivity index (χ0v) is 12.4. The van der Waals surface area contributed by atoms with Gasteiger partial charge in [-0.15, -0.1) is 5.10 Å². The lowest BCUT2D eigenvalue weighted by Crippen LogP contribution is -2.36. The topological polar surface area (TPSA) is 73.8 Å². The van der Waals surface area contributed by atoms with E-state index in [0.717, 1.165) is 43.5 Å². The van der Waals surface area contributed by atoms with Crippen LogP contribution in [0.1, 0.15) is 32.6 Å². The summed E-state index contributed by atoms with van der Waals surface area (Å²) in [6.45, 7) is 6.46. The van der Waals surface area contributed by atoms with E-state index in [4.69, 9.17) is 4.98 Å². The summed E-state index contributed by atoms with van der Waals surface area (Å²) in [5.41, 5.74) is 1.48. The smallest absolute Gasteiger partial charge is 0.229 e. The third-order valence-corrected chi connectivity index (χ3v) is 4.50. The molecule has 4 rings (SSSR count). The number of aromatic nitrogens is 5. The summed E-state index contributed by atoms with van der Waals surface area (Å²) < 4.78 is 0. The largest absolute Gasteiger partial charge is 0.355 e. The van der Waals surface area contributed by atoms with E-state index in [9.17, 15) is 0 Å². The van der Waals surface area contributed by atoms with Crippen molar-refractivity contribution in [2.24, 2.45) is 5.92 Å². The highest BCUT2D eigenvalue weighted by Gasteiger charge is 2.24. The van der Waals surface area contributed by atoms with Crippen molar-refractivity contribution in [3.05, 3.63) is 0 Å². The molecule has 0 unspecified atom stereocenters. The van der Waals surface area contributed by atoms with Gasteiger partial charge in [-0.25, -0.2) is 0 Å². The molecule has 0 bridgehead atoms. The van der Waals surface area contributed by atoms with Gasteiger partial charge in [0.1, 0.15) is 0 Å². The molecule has 112 valence electrons. The van der Waals surface area contributed by atoms with E-state index in [0.29, 0.717) is 11.6 Å². The molecule has 0 radical (unpaired) electrons. The van der Waals surface area contributed by atoms with Crippen LogP contribution in [0.4, 0.5) is 11.8 Å². The number of fused-ring (bicyclic) bond motifs is 1. The Morgan fingerprint density at radius 1 is 1.00 bits per heavy atom. The fourth-order valence-corrected chi connectivity index (χ4v) is 3.38. The van der Waals surface area contributed by atoms with Crippen LogP contribution in [0, 0.1) is 5.92 Å². The first-order valence-electron chi connectivity index (χ1n) is 7.89. The highest BCUT2D eigenvalue weighted by molar-refractivity contribution is 5.83. The van der Waals surface area contributed by atoms with Crippen molar-refractivity contribution < 1.29 is 0 Å². The van der Waals surface area contributed by atoms with Crippen molar-refractivity contribution in [1.82, 2.24) is 25.4 Å². The van der Waals surface area contributed by atoms with E-state index in [1.807, 2.05) is 0 Å². The monoisotopic (exact) mass is 287 g/mol. The van der Waals surface area contributed by atoms with Crippen LogP contribution in [0.15, 0.2) is 0 Å². The van der Waals surface area contributed by atoms with E-state index < -0.39 is 0 Å². The number of nitrogens with one attached hydrogen (secondary N) is 1. The Morgan fingerprint density at radius 2 is 1.81 bits per heavy atom. The summed E-state index contributed by atoms with van der Waals surface area (Å²) in [7, 11) is 0. The Kier molecular flexibility index (Phi) is 3.12. The van der Waals surface area contributed by atoms with Crippen molar-refractivity contribution in [2.75, 3.05) is 36.0 Å². The minimum atomic E-state index is 0.681. The SMILES string of the molecule is C[C@@H]1CCCN(c2nc(N3CCCC3)c3n[nH]nc3n2)C1. The molecule has 7 nitrogen and oxygen atoms in total. The van der Waals surface area contributed by atoms with Crippen LogP contribution in [0.2, 0.25) is 0 Å². The minimum absolute atomic E-state index is 0.681. The molecule has 0 aromatic carbocycles. The van der Waals surface area contributed by atoms with Gasteiger partial charge >= 0.3 is 0 Å². The van der Waals surface area contributed by atoms with Gasteiger partial charge in [0.15, 0.2) is 11.3 Å². The maximum absolute atomic E-state index is 4.83. The summed E-state index contributed by atoms with van der Waals surface area (Å²) in [4.78, 5) is 14.0. The molecule has 2 aliphatic heterocycles. The Morgan fingerprint density at radius 3 is 2.62 bits per heavy atom. The molecular weight excluding hydrogens is 266 g/mol. The summed E-state index contributed by atoms with van der Waals surface area (Å²) in [6.07, 6.45) is 4.95. The lowest BCUT2D eigenvalue weighted by atomic mass is 10.0. The quantitative estimate of drug-likeness (QED) is 0.904.